The first kappa shape index (κ1) is 20.7. The van der Waals surface area contributed by atoms with Gasteiger partial charge in [0.05, 0.1) is 5.70 Å². The Kier molecular flexibility index (Phi) is 6.97. The molecule has 6 nitrogen and oxygen atoms in total. The fraction of sp³-hybridized carbons (Fsp3) is 0.524. The van der Waals surface area contributed by atoms with Crippen molar-refractivity contribution < 1.29 is 9.59 Å². The second-order valence-electron chi connectivity index (χ2n) is 7.64. The van der Waals surface area contributed by atoms with Crippen LogP contribution in [0.5, 0.6) is 0 Å². The molecular weight excluding hydrogens is 376 g/mol. The molecule has 0 radical (unpaired) electrons. The molecule has 0 saturated carbocycles. The van der Waals surface area contributed by atoms with Gasteiger partial charge < -0.3 is 5.32 Å². The zero-order valence-corrected chi connectivity index (χ0v) is 17.3. The van der Waals surface area contributed by atoms with E-state index in [0.29, 0.717) is 23.7 Å². The molecule has 0 bridgehead atoms. The Morgan fingerprint density at radius 3 is 2.57 bits per heavy atom. The monoisotopic (exact) mass is 404 g/mol. The molecule has 7 heteroatoms. The third-order valence-corrected chi connectivity index (χ3v) is 5.81. The highest BCUT2D eigenvalue weighted by atomic mass is 35.5. The molecule has 2 amide bonds. The average molecular weight is 405 g/mol. The van der Waals surface area contributed by atoms with Crippen molar-refractivity contribution in [3.05, 3.63) is 40.9 Å². The van der Waals surface area contributed by atoms with Crippen LogP contribution in [0.15, 0.2) is 30.3 Å². The minimum atomic E-state index is -0.157. The molecule has 2 N–H and O–H groups in total. The second kappa shape index (κ2) is 9.43. The number of nitrogens with one attached hydrogen (secondary N) is 2. The molecule has 0 aromatic heterocycles. The lowest BCUT2D eigenvalue weighted by Gasteiger charge is -2.39. The Hall–Kier alpha value is -2.05. The highest BCUT2D eigenvalue weighted by molar-refractivity contribution is 6.30. The van der Waals surface area contributed by atoms with Crippen LogP contribution in [0.1, 0.15) is 45.1 Å². The minimum absolute atomic E-state index is 0.00509. The molecule has 0 aliphatic carbocycles. The van der Waals surface area contributed by atoms with Gasteiger partial charge in [0, 0.05) is 36.6 Å². The number of amides is 2. The summed E-state index contributed by atoms with van der Waals surface area (Å²) < 4.78 is 0. The number of hydrogen-bond donors (Lipinski definition) is 2. The Morgan fingerprint density at radius 1 is 1.21 bits per heavy atom. The van der Waals surface area contributed by atoms with Gasteiger partial charge in [0.1, 0.15) is 6.54 Å². The van der Waals surface area contributed by atoms with E-state index in [-0.39, 0.29) is 24.8 Å². The molecule has 28 heavy (non-hydrogen) atoms. The number of likely N-dealkylation sites (tertiary alicyclic amines) is 1. The van der Waals surface area contributed by atoms with Gasteiger partial charge in [-0.3, -0.25) is 19.9 Å². The third-order valence-electron chi connectivity index (χ3n) is 5.56. The van der Waals surface area contributed by atoms with Gasteiger partial charge in [-0.05, 0) is 50.5 Å². The average Bonchev–Trinajstić information content (AvgIpc) is 2.66. The largest absolute Gasteiger partial charge is 0.353 e. The lowest BCUT2D eigenvalue weighted by atomic mass is 9.98. The minimum Gasteiger partial charge on any atom is -0.353 e. The van der Waals surface area contributed by atoms with Crippen LogP contribution in [0.2, 0.25) is 5.02 Å². The summed E-state index contributed by atoms with van der Waals surface area (Å²) in [7, 11) is 0. The van der Waals surface area contributed by atoms with E-state index in [4.69, 9.17) is 11.6 Å². The van der Waals surface area contributed by atoms with E-state index in [1.807, 2.05) is 18.2 Å². The topological polar surface area (TPSA) is 64.7 Å². The first-order valence-corrected chi connectivity index (χ1v) is 10.4. The highest BCUT2D eigenvalue weighted by Crippen LogP contribution is 2.22. The Balaban J connectivity index is 1.48. The van der Waals surface area contributed by atoms with Gasteiger partial charge in [-0.15, -0.1) is 0 Å². The Morgan fingerprint density at radius 2 is 1.89 bits per heavy atom. The molecule has 2 aliphatic heterocycles. The first-order valence-electron chi connectivity index (χ1n) is 9.99. The van der Waals surface area contributed by atoms with Crippen molar-refractivity contribution in [2.75, 3.05) is 19.6 Å². The molecule has 1 fully saturated rings. The van der Waals surface area contributed by atoms with Crippen molar-refractivity contribution in [2.24, 2.45) is 0 Å². The van der Waals surface area contributed by atoms with Gasteiger partial charge >= 0.3 is 0 Å². The van der Waals surface area contributed by atoms with E-state index in [1.54, 1.807) is 12.1 Å². The predicted octanol–water partition coefficient (Wildman–Crippen LogP) is 2.80. The number of carbonyl (C=O) groups excluding carboxylic acids is 2. The normalized spacial score (nSPS) is 23.2. The maximum atomic E-state index is 12.3. The maximum absolute atomic E-state index is 12.3. The molecule has 2 heterocycles. The van der Waals surface area contributed by atoms with E-state index in [0.717, 1.165) is 17.8 Å². The summed E-state index contributed by atoms with van der Waals surface area (Å²) in [5.74, 6) is -0.276. The summed E-state index contributed by atoms with van der Waals surface area (Å²) in [6, 6.07) is 8.48. The van der Waals surface area contributed by atoms with Crippen molar-refractivity contribution >= 4 is 29.1 Å². The van der Waals surface area contributed by atoms with Gasteiger partial charge in [-0.1, -0.05) is 30.2 Å². The van der Waals surface area contributed by atoms with Crippen LogP contribution in [0.4, 0.5) is 0 Å². The van der Waals surface area contributed by atoms with Gasteiger partial charge in [0.25, 0.3) is 0 Å². The fourth-order valence-corrected chi connectivity index (χ4v) is 4.06. The molecule has 152 valence electrons. The fourth-order valence-electron chi connectivity index (χ4n) is 3.93. The molecule has 1 aromatic rings. The van der Waals surface area contributed by atoms with Crippen LogP contribution in [0.25, 0.3) is 5.70 Å². The summed E-state index contributed by atoms with van der Waals surface area (Å²) in [5, 5.41) is 4.99. The van der Waals surface area contributed by atoms with Gasteiger partial charge in [0.2, 0.25) is 11.8 Å². The van der Waals surface area contributed by atoms with Crippen LogP contribution < -0.4 is 10.7 Å². The van der Waals surface area contributed by atoms with Crippen molar-refractivity contribution in [1.82, 2.24) is 20.7 Å². The smallest absolute Gasteiger partial charge is 0.245 e. The van der Waals surface area contributed by atoms with Gasteiger partial charge in [0.15, 0.2) is 0 Å². The predicted molar refractivity (Wildman–Crippen MR) is 111 cm³/mol. The molecule has 2 atom stereocenters. The zero-order valence-electron chi connectivity index (χ0n) is 16.6. The molecular formula is C21H29ClN4O2. The molecule has 0 spiro atoms. The van der Waals surface area contributed by atoms with Crippen LogP contribution in [-0.2, 0) is 9.59 Å². The lowest BCUT2D eigenvalue weighted by molar-refractivity contribution is -0.137. The van der Waals surface area contributed by atoms with Crippen molar-refractivity contribution in [2.45, 2.75) is 51.6 Å². The number of rotatable bonds is 6. The third kappa shape index (κ3) is 5.26. The van der Waals surface area contributed by atoms with Gasteiger partial charge in [-0.2, -0.15) is 0 Å². The number of halogens is 1. The summed E-state index contributed by atoms with van der Waals surface area (Å²) in [4.78, 5) is 27.0. The summed E-state index contributed by atoms with van der Waals surface area (Å²) in [6.07, 6.45) is 5.80. The summed E-state index contributed by atoms with van der Waals surface area (Å²) in [6.45, 7) is 5.92. The van der Waals surface area contributed by atoms with Crippen LogP contribution in [0.3, 0.4) is 0 Å². The lowest BCUT2D eigenvalue weighted by Crippen LogP contribution is -2.51. The first-order chi connectivity index (χ1) is 13.4. The van der Waals surface area contributed by atoms with Crippen molar-refractivity contribution in [3.63, 3.8) is 0 Å². The molecule has 1 aromatic carbocycles. The zero-order chi connectivity index (χ0) is 20.1. The summed E-state index contributed by atoms with van der Waals surface area (Å²) in [5.41, 5.74) is 4.79. The van der Waals surface area contributed by atoms with E-state index < -0.39 is 0 Å². The molecule has 3 rings (SSSR count). The SMILES string of the molecule is CC1CCCC(C)N1CCNC(=O)CN1NC(c2ccc(Cl)cc2)=CCC1=O. The second-order valence-corrected chi connectivity index (χ2v) is 8.07. The van der Waals surface area contributed by atoms with Crippen molar-refractivity contribution in [3.8, 4) is 0 Å². The van der Waals surface area contributed by atoms with E-state index in [2.05, 4.69) is 29.5 Å². The quantitative estimate of drug-likeness (QED) is 0.765. The Bertz CT molecular complexity index is 724. The van der Waals surface area contributed by atoms with Crippen molar-refractivity contribution in [1.29, 1.82) is 0 Å². The van der Waals surface area contributed by atoms with E-state index in [9.17, 15) is 9.59 Å². The number of hydrogen-bond acceptors (Lipinski definition) is 4. The number of carbonyl (C=O) groups is 2. The number of nitrogens with zero attached hydrogens (tertiary/aromatic N) is 2. The Labute approximate surface area is 171 Å². The van der Waals surface area contributed by atoms with Crippen LogP contribution in [-0.4, -0.2) is 53.4 Å². The number of piperidine rings is 1. The van der Waals surface area contributed by atoms with Gasteiger partial charge in [-0.25, -0.2) is 5.01 Å². The molecule has 2 unspecified atom stereocenters. The van der Waals surface area contributed by atoms with Crippen LogP contribution in [0, 0.1) is 0 Å². The standard InChI is InChI=1S/C21H29ClN4O2/c1-15-4-3-5-16(2)25(15)13-12-23-20(27)14-26-21(28)11-10-19(24-26)17-6-8-18(22)9-7-17/h6-10,15-16,24H,3-5,11-14H2,1-2H3,(H,23,27). The maximum Gasteiger partial charge on any atom is 0.245 e. The highest BCUT2D eigenvalue weighted by Gasteiger charge is 2.25. The van der Waals surface area contributed by atoms with E-state index in [1.165, 1.54) is 24.3 Å². The summed E-state index contributed by atoms with van der Waals surface area (Å²) >= 11 is 5.93. The van der Waals surface area contributed by atoms with E-state index >= 15 is 0 Å². The molecule has 2 aliphatic rings. The molecule has 1 saturated heterocycles. The van der Waals surface area contributed by atoms with Crippen LogP contribution >= 0.6 is 11.6 Å². The number of benzene rings is 1. The number of hydrazine groups is 1.